The van der Waals surface area contributed by atoms with Crippen LogP contribution >= 0.6 is 0 Å². The maximum atomic E-state index is 12.7. The Bertz CT molecular complexity index is 587. The van der Waals surface area contributed by atoms with Gasteiger partial charge in [-0.05, 0) is 31.2 Å². The van der Waals surface area contributed by atoms with Crippen molar-refractivity contribution in [2.75, 3.05) is 59.2 Å². The Morgan fingerprint density at radius 2 is 1.75 bits per heavy atom. The summed E-state index contributed by atoms with van der Waals surface area (Å²) in [6.45, 7) is 5.41. The summed E-state index contributed by atoms with van der Waals surface area (Å²) in [5.41, 5.74) is 0. The Morgan fingerprint density at radius 1 is 1.08 bits per heavy atom. The molecule has 1 aromatic carbocycles. The van der Waals surface area contributed by atoms with E-state index in [2.05, 4.69) is 4.90 Å². The van der Waals surface area contributed by atoms with Gasteiger partial charge in [-0.2, -0.15) is 4.31 Å². The molecule has 2 rings (SSSR count). The minimum Gasteiger partial charge on any atom is -0.494 e. The van der Waals surface area contributed by atoms with E-state index in [0.717, 1.165) is 0 Å². The summed E-state index contributed by atoms with van der Waals surface area (Å²) in [5.74, 6) is 0.662. The average molecular weight is 360 g/mol. The van der Waals surface area contributed by atoms with Gasteiger partial charge in [-0.15, -0.1) is 0 Å². The summed E-state index contributed by atoms with van der Waals surface area (Å²) in [6, 6.07) is 6.51. The van der Waals surface area contributed by atoms with Crippen molar-refractivity contribution in [2.24, 2.45) is 0 Å². The molecule has 0 unspecified atom stereocenters. The molecular weight excluding hydrogens is 335 g/mol. The number of ether oxygens (including phenoxy) is 2. The van der Waals surface area contributed by atoms with Crippen LogP contribution in [0.5, 0.6) is 5.75 Å². The maximum absolute atomic E-state index is 12.7. The third kappa shape index (κ3) is 5.14. The lowest BCUT2D eigenvalue weighted by atomic mass is 10.3. The third-order valence-corrected chi connectivity index (χ3v) is 5.79. The van der Waals surface area contributed by atoms with Crippen LogP contribution in [0.2, 0.25) is 0 Å². The molecule has 0 atom stereocenters. The Kier molecular flexibility index (Phi) is 7.41. The molecule has 0 spiro atoms. The van der Waals surface area contributed by atoms with E-state index in [-0.39, 0.29) is 11.5 Å². The van der Waals surface area contributed by atoms with E-state index < -0.39 is 16.7 Å². The first-order valence-electron chi connectivity index (χ1n) is 8.17. The van der Waals surface area contributed by atoms with Crippen molar-refractivity contribution in [1.29, 1.82) is 0 Å². The zero-order valence-corrected chi connectivity index (χ0v) is 14.8. The number of nitrogens with zero attached hydrogens (tertiary/aromatic N) is 2. The smallest absolute Gasteiger partial charge is 0.243 e. The minimum atomic E-state index is -3.48. The molecule has 0 bridgehead atoms. The van der Waals surface area contributed by atoms with Crippen LogP contribution in [0.25, 0.3) is 0 Å². The Morgan fingerprint density at radius 3 is 2.33 bits per heavy atom. The number of benzene rings is 1. The molecule has 24 heavy (non-hydrogen) atoms. The van der Waals surface area contributed by atoms with E-state index in [4.69, 9.17) is 9.47 Å². The molecule has 8 heteroatoms. The van der Waals surface area contributed by atoms with Gasteiger partial charge in [0.05, 0.1) is 24.7 Å². The molecule has 0 amide bonds. The topological polar surface area (TPSA) is 59.1 Å². The van der Waals surface area contributed by atoms with Crippen molar-refractivity contribution in [1.82, 2.24) is 9.21 Å². The van der Waals surface area contributed by atoms with Gasteiger partial charge < -0.3 is 9.47 Å². The van der Waals surface area contributed by atoms with Crippen molar-refractivity contribution in [3.63, 3.8) is 0 Å². The lowest BCUT2D eigenvalue weighted by Crippen LogP contribution is -2.49. The quantitative estimate of drug-likeness (QED) is 0.623. The molecule has 0 saturated carbocycles. The highest BCUT2D eigenvalue weighted by Crippen LogP contribution is 2.20. The molecule has 1 saturated heterocycles. The van der Waals surface area contributed by atoms with Crippen LogP contribution < -0.4 is 4.74 Å². The lowest BCUT2D eigenvalue weighted by Gasteiger charge is -2.33. The first-order valence-corrected chi connectivity index (χ1v) is 9.61. The van der Waals surface area contributed by atoms with Crippen molar-refractivity contribution in [2.45, 2.75) is 11.8 Å². The Labute approximate surface area is 143 Å². The van der Waals surface area contributed by atoms with Gasteiger partial charge in [-0.3, -0.25) is 4.90 Å². The molecule has 1 aliphatic rings. The Balaban J connectivity index is 1.87. The first-order chi connectivity index (χ1) is 11.6. The van der Waals surface area contributed by atoms with Crippen molar-refractivity contribution in [3.8, 4) is 5.75 Å². The molecule has 1 aliphatic heterocycles. The predicted octanol–water partition coefficient (Wildman–Crippen LogP) is 1.38. The van der Waals surface area contributed by atoms with Gasteiger partial charge in [0.25, 0.3) is 0 Å². The number of piperazine rings is 1. The summed E-state index contributed by atoms with van der Waals surface area (Å²) in [6.07, 6.45) is 0. The fourth-order valence-electron chi connectivity index (χ4n) is 2.57. The second kappa shape index (κ2) is 9.31. The largest absolute Gasteiger partial charge is 0.494 e. The standard InChI is InChI=1S/C16H25FN2O4S/c1-2-23-15-3-5-16(6-4-15)24(20,21)19-10-8-18(9-11-19)12-14-22-13-7-17/h3-6H,2,7-14H2,1H3. The zero-order valence-electron chi connectivity index (χ0n) is 14.0. The molecule has 1 aromatic rings. The van der Waals surface area contributed by atoms with Crippen molar-refractivity contribution in [3.05, 3.63) is 24.3 Å². The van der Waals surface area contributed by atoms with Gasteiger partial charge in [-0.25, -0.2) is 12.8 Å². The van der Waals surface area contributed by atoms with E-state index in [0.29, 0.717) is 51.7 Å². The van der Waals surface area contributed by atoms with E-state index in [1.165, 1.54) is 4.31 Å². The van der Waals surface area contributed by atoms with Gasteiger partial charge in [0.2, 0.25) is 10.0 Å². The summed E-state index contributed by atoms with van der Waals surface area (Å²) in [7, 11) is -3.48. The first kappa shape index (κ1) is 19.1. The number of hydrogen-bond acceptors (Lipinski definition) is 5. The molecular formula is C16H25FN2O4S. The van der Waals surface area contributed by atoms with Crippen LogP contribution in [-0.2, 0) is 14.8 Å². The van der Waals surface area contributed by atoms with Gasteiger partial charge >= 0.3 is 0 Å². The molecule has 0 radical (unpaired) electrons. The fourth-order valence-corrected chi connectivity index (χ4v) is 3.99. The summed E-state index contributed by atoms with van der Waals surface area (Å²) < 4.78 is 49.2. The van der Waals surface area contributed by atoms with Gasteiger partial charge in [0.1, 0.15) is 12.4 Å². The van der Waals surface area contributed by atoms with Crippen LogP contribution in [0.4, 0.5) is 4.39 Å². The van der Waals surface area contributed by atoms with Crippen LogP contribution in [0.3, 0.4) is 0 Å². The van der Waals surface area contributed by atoms with Gasteiger partial charge in [-0.1, -0.05) is 0 Å². The van der Waals surface area contributed by atoms with Gasteiger partial charge in [0.15, 0.2) is 0 Å². The second-order valence-electron chi connectivity index (χ2n) is 5.45. The number of halogens is 1. The molecule has 0 N–H and O–H groups in total. The summed E-state index contributed by atoms with van der Waals surface area (Å²) in [5, 5.41) is 0. The van der Waals surface area contributed by atoms with E-state index in [1.807, 2.05) is 6.92 Å². The van der Waals surface area contributed by atoms with Gasteiger partial charge in [0, 0.05) is 32.7 Å². The minimum absolute atomic E-state index is 0.117. The van der Waals surface area contributed by atoms with Crippen LogP contribution in [0, 0.1) is 0 Å². The maximum Gasteiger partial charge on any atom is 0.243 e. The summed E-state index contributed by atoms with van der Waals surface area (Å²) >= 11 is 0. The highest BCUT2D eigenvalue weighted by atomic mass is 32.2. The Hall–Kier alpha value is -1.22. The molecule has 136 valence electrons. The number of rotatable bonds is 9. The average Bonchev–Trinajstić information content (AvgIpc) is 2.60. The monoisotopic (exact) mass is 360 g/mol. The van der Waals surface area contributed by atoms with Crippen LogP contribution in [0.1, 0.15) is 6.92 Å². The van der Waals surface area contributed by atoms with E-state index in [9.17, 15) is 12.8 Å². The fraction of sp³-hybridized carbons (Fsp3) is 0.625. The molecule has 1 heterocycles. The number of sulfonamides is 1. The predicted molar refractivity (Wildman–Crippen MR) is 89.6 cm³/mol. The number of hydrogen-bond donors (Lipinski definition) is 0. The van der Waals surface area contributed by atoms with Crippen molar-refractivity contribution < 1.29 is 22.3 Å². The highest BCUT2D eigenvalue weighted by Gasteiger charge is 2.28. The third-order valence-electron chi connectivity index (χ3n) is 3.88. The molecule has 1 fully saturated rings. The lowest BCUT2D eigenvalue weighted by molar-refractivity contribution is 0.0821. The van der Waals surface area contributed by atoms with Crippen molar-refractivity contribution >= 4 is 10.0 Å². The molecule has 0 aliphatic carbocycles. The van der Waals surface area contributed by atoms with Crippen LogP contribution in [0.15, 0.2) is 29.2 Å². The van der Waals surface area contributed by atoms with Crippen LogP contribution in [-0.4, -0.2) is 76.8 Å². The normalized spacial score (nSPS) is 17.1. The SMILES string of the molecule is CCOc1ccc(S(=O)(=O)N2CCN(CCOCCF)CC2)cc1. The number of alkyl halides is 1. The van der Waals surface area contributed by atoms with E-state index >= 15 is 0 Å². The molecule has 6 nitrogen and oxygen atoms in total. The molecule has 0 aromatic heterocycles. The van der Waals surface area contributed by atoms with E-state index in [1.54, 1.807) is 24.3 Å². The zero-order chi connectivity index (χ0) is 17.4. The summed E-state index contributed by atoms with van der Waals surface area (Å²) in [4.78, 5) is 2.41. The second-order valence-corrected chi connectivity index (χ2v) is 7.39. The highest BCUT2D eigenvalue weighted by molar-refractivity contribution is 7.89.